The lowest BCUT2D eigenvalue weighted by molar-refractivity contribution is -0.126. The van der Waals surface area contributed by atoms with Gasteiger partial charge in [-0.15, -0.1) is 0 Å². The van der Waals surface area contributed by atoms with Crippen LogP contribution in [-0.4, -0.2) is 42.8 Å². The Morgan fingerprint density at radius 1 is 1.05 bits per heavy atom. The number of hydrogen-bond acceptors (Lipinski definition) is 3. The normalized spacial score (nSPS) is 32.5. The molecule has 20 heavy (non-hydrogen) atoms. The average Bonchev–Trinajstić information content (AvgIpc) is 2.49. The number of likely N-dealkylation sites (tertiary alicyclic amines) is 1. The van der Waals surface area contributed by atoms with E-state index in [9.17, 15) is 0 Å². The lowest BCUT2D eigenvalue weighted by Crippen LogP contribution is -2.51. The SMILES string of the molecule is NCCC1CCN(C2CCOC3(CCCCC3)C2)CC1. The Kier molecular flexibility index (Phi) is 5.00. The standard InChI is InChI=1S/C17H32N2O/c18-10-4-15-5-11-19(12-6-15)16-7-13-20-17(14-16)8-2-1-3-9-17/h15-16H,1-14,18H2. The van der Waals surface area contributed by atoms with Gasteiger partial charge in [0.25, 0.3) is 0 Å². The first kappa shape index (κ1) is 14.8. The van der Waals surface area contributed by atoms with E-state index in [1.165, 1.54) is 77.3 Å². The number of rotatable bonds is 3. The Hall–Kier alpha value is -0.120. The third-order valence-corrected chi connectivity index (χ3v) is 5.97. The monoisotopic (exact) mass is 280 g/mol. The molecular formula is C17H32N2O. The predicted molar refractivity (Wildman–Crippen MR) is 82.8 cm³/mol. The molecule has 3 aliphatic rings. The second kappa shape index (κ2) is 6.76. The maximum absolute atomic E-state index is 6.24. The summed E-state index contributed by atoms with van der Waals surface area (Å²) >= 11 is 0. The van der Waals surface area contributed by atoms with Crippen LogP contribution in [0.4, 0.5) is 0 Å². The topological polar surface area (TPSA) is 38.5 Å². The van der Waals surface area contributed by atoms with E-state index in [0.717, 1.165) is 25.1 Å². The number of hydrogen-bond donors (Lipinski definition) is 1. The Balaban J connectivity index is 1.52. The predicted octanol–water partition coefficient (Wildman–Crippen LogP) is 2.93. The van der Waals surface area contributed by atoms with Gasteiger partial charge in [-0.2, -0.15) is 0 Å². The number of nitrogens with zero attached hydrogens (tertiary/aromatic N) is 1. The van der Waals surface area contributed by atoms with Crippen LogP contribution in [-0.2, 0) is 4.74 Å². The zero-order chi connectivity index (χ0) is 13.8. The summed E-state index contributed by atoms with van der Waals surface area (Å²) in [5, 5.41) is 0. The van der Waals surface area contributed by atoms with Crippen LogP contribution >= 0.6 is 0 Å². The molecule has 0 amide bonds. The molecule has 3 heteroatoms. The van der Waals surface area contributed by atoms with Crippen molar-refractivity contribution in [2.75, 3.05) is 26.2 Å². The second-order valence-electron chi connectivity index (χ2n) is 7.30. The number of nitrogens with two attached hydrogens (primary N) is 1. The van der Waals surface area contributed by atoms with E-state index in [1.807, 2.05) is 0 Å². The minimum atomic E-state index is 0.259. The fraction of sp³-hybridized carbons (Fsp3) is 1.00. The minimum absolute atomic E-state index is 0.259. The first-order valence-electron chi connectivity index (χ1n) is 8.89. The van der Waals surface area contributed by atoms with Crippen molar-refractivity contribution in [3.05, 3.63) is 0 Å². The Labute approximate surface area is 124 Å². The van der Waals surface area contributed by atoms with Crippen LogP contribution in [0.25, 0.3) is 0 Å². The zero-order valence-electron chi connectivity index (χ0n) is 13.0. The van der Waals surface area contributed by atoms with Crippen molar-refractivity contribution in [1.82, 2.24) is 4.90 Å². The van der Waals surface area contributed by atoms with Gasteiger partial charge < -0.3 is 15.4 Å². The summed E-state index contributed by atoms with van der Waals surface area (Å²) in [6.45, 7) is 4.45. The van der Waals surface area contributed by atoms with Gasteiger partial charge in [-0.3, -0.25) is 0 Å². The summed E-state index contributed by atoms with van der Waals surface area (Å²) in [5.74, 6) is 0.889. The number of ether oxygens (including phenoxy) is 1. The van der Waals surface area contributed by atoms with E-state index in [4.69, 9.17) is 10.5 Å². The molecule has 3 rings (SSSR count). The van der Waals surface area contributed by atoms with E-state index >= 15 is 0 Å². The van der Waals surface area contributed by atoms with E-state index in [-0.39, 0.29) is 5.60 Å². The van der Waals surface area contributed by atoms with Crippen molar-refractivity contribution in [1.29, 1.82) is 0 Å². The Morgan fingerprint density at radius 3 is 2.50 bits per heavy atom. The fourth-order valence-electron chi connectivity index (χ4n) is 4.70. The molecule has 0 radical (unpaired) electrons. The molecule has 116 valence electrons. The molecule has 0 aromatic heterocycles. The average molecular weight is 280 g/mol. The minimum Gasteiger partial charge on any atom is -0.375 e. The molecule has 0 aromatic rings. The zero-order valence-corrected chi connectivity index (χ0v) is 13.0. The summed E-state index contributed by atoms with van der Waals surface area (Å²) < 4.78 is 6.24. The molecule has 3 fully saturated rings. The van der Waals surface area contributed by atoms with Gasteiger partial charge in [0.15, 0.2) is 0 Å². The van der Waals surface area contributed by atoms with E-state index in [0.29, 0.717) is 0 Å². The lowest BCUT2D eigenvalue weighted by atomic mass is 9.77. The molecule has 1 atom stereocenters. The van der Waals surface area contributed by atoms with Gasteiger partial charge in [0.1, 0.15) is 0 Å². The third-order valence-electron chi connectivity index (χ3n) is 5.97. The van der Waals surface area contributed by atoms with Crippen LogP contribution in [0.15, 0.2) is 0 Å². The molecule has 1 unspecified atom stereocenters. The van der Waals surface area contributed by atoms with E-state index < -0.39 is 0 Å². The van der Waals surface area contributed by atoms with Crippen LogP contribution in [0.5, 0.6) is 0 Å². The molecule has 2 N–H and O–H groups in total. The first-order chi connectivity index (χ1) is 9.81. The first-order valence-corrected chi connectivity index (χ1v) is 8.89. The van der Waals surface area contributed by atoms with Gasteiger partial charge >= 0.3 is 0 Å². The summed E-state index contributed by atoms with van der Waals surface area (Å²) in [4.78, 5) is 2.77. The molecule has 3 nitrogen and oxygen atoms in total. The van der Waals surface area contributed by atoms with Gasteiger partial charge in [-0.25, -0.2) is 0 Å². The summed E-state index contributed by atoms with van der Waals surface area (Å²) in [5.41, 5.74) is 5.96. The number of piperidine rings is 1. The molecule has 1 saturated carbocycles. The van der Waals surface area contributed by atoms with Crippen LogP contribution < -0.4 is 5.73 Å². The van der Waals surface area contributed by atoms with Crippen molar-refractivity contribution in [2.45, 2.75) is 75.9 Å². The van der Waals surface area contributed by atoms with Crippen molar-refractivity contribution < 1.29 is 4.74 Å². The van der Waals surface area contributed by atoms with Crippen LogP contribution in [0, 0.1) is 5.92 Å². The van der Waals surface area contributed by atoms with Gasteiger partial charge in [0.2, 0.25) is 0 Å². The molecule has 2 saturated heterocycles. The molecule has 0 aromatic carbocycles. The van der Waals surface area contributed by atoms with Crippen molar-refractivity contribution in [2.24, 2.45) is 11.7 Å². The smallest absolute Gasteiger partial charge is 0.0697 e. The highest BCUT2D eigenvalue weighted by Crippen LogP contribution is 2.40. The quantitative estimate of drug-likeness (QED) is 0.864. The molecule has 2 aliphatic heterocycles. The van der Waals surface area contributed by atoms with Gasteiger partial charge in [-0.1, -0.05) is 19.3 Å². The van der Waals surface area contributed by atoms with Crippen molar-refractivity contribution in [3.8, 4) is 0 Å². The van der Waals surface area contributed by atoms with Gasteiger partial charge in [0.05, 0.1) is 5.60 Å². The van der Waals surface area contributed by atoms with Crippen LogP contribution in [0.3, 0.4) is 0 Å². The summed E-state index contributed by atoms with van der Waals surface area (Å²) in [6.07, 6.45) is 13.3. The Morgan fingerprint density at radius 2 is 1.80 bits per heavy atom. The highest BCUT2D eigenvalue weighted by Gasteiger charge is 2.40. The van der Waals surface area contributed by atoms with Gasteiger partial charge in [0, 0.05) is 12.6 Å². The van der Waals surface area contributed by atoms with Crippen LogP contribution in [0.1, 0.15) is 64.2 Å². The van der Waals surface area contributed by atoms with Crippen molar-refractivity contribution >= 4 is 0 Å². The lowest BCUT2D eigenvalue weighted by Gasteiger charge is -2.48. The molecule has 1 aliphatic carbocycles. The second-order valence-corrected chi connectivity index (χ2v) is 7.30. The molecule has 1 spiro atoms. The highest BCUT2D eigenvalue weighted by molar-refractivity contribution is 4.93. The fourth-order valence-corrected chi connectivity index (χ4v) is 4.70. The molecule has 2 heterocycles. The maximum atomic E-state index is 6.24. The Bertz CT molecular complexity index is 288. The molecule has 0 bridgehead atoms. The molecular weight excluding hydrogens is 248 g/mol. The maximum Gasteiger partial charge on any atom is 0.0697 e. The highest BCUT2D eigenvalue weighted by atomic mass is 16.5. The van der Waals surface area contributed by atoms with E-state index in [2.05, 4.69) is 4.90 Å². The third kappa shape index (κ3) is 3.37. The largest absolute Gasteiger partial charge is 0.375 e. The van der Waals surface area contributed by atoms with Crippen LogP contribution in [0.2, 0.25) is 0 Å². The van der Waals surface area contributed by atoms with Crippen molar-refractivity contribution in [3.63, 3.8) is 0 Å². The van der Waals surface area contributed by atoms with Gasteiger partial charge in [-0.05, 0) is 70.5 Å². The summed E-state index contributed by atoms with van der Waals surface area (Å²) in [6, 6.07) is 0.792. The summed E-state index contributed by atoms with van der Waals surface area (Å²) in [7, 11) is 0. The van der Waals surface area contributed by atoms with E-state index in [1.54, 1.807) is 0 Å².